The van der Waals surface area contributed by atoms with Crippen molar-refractivity contribution >= 4 is 21.8 Å². The molecule has 0 N–H and O–H groups in total. The molecule has 0 fully saturated rings. The van der Waals surface area contributed by atoms with E-state index in [-0.39, 0.29) is 21.8 Å². The number of benzene rings is 8. The molecular formula is C51H34N4. The number of fused-ring (bicyclic) bond motifs is 3. The molecule has 0 aliphatic rings. The summed E-state index contributed by atoms with van der Waals surface area (Å²) in [5.74, 6) is 1.17. The van der Waals surface area contributed by atoms with E-state index in [9.17, 15) is 4.11 Å². The fourth-order valence-electron chi connectivity index (χ4n) is 6.73. The number of aromatic nitrogens is 4. The summed E-state index contributed by atoms with van der Waals surface area (Å²) < 4.78 is 107. The van der Waals surface area contributed by atoms with Gasteiger partial charge in [0.25, 0.3) is 0 Å². The molecule has 0 bridgehead atoms. The van der Waals surface area contributed by atoms with E-state index in [1.165, 1.54) is 4.57 Å². The fraction of sp³-hybridized carbons (Fsp3) is 0. The maximum absolute atomic E-state index is 9.48. The van der Waals surface area contributed by atoms with Crippen molar-refractivity contribution in [1.82, 2.24) is 19.5 Å². The molecule has 0 spiro atoms. The molecule has 10 rings (SSSR count). The van der Waals surface area contributed by atoms with Gasteiger partial charge in [-0.1, -0.05) is 145 Å². The quantitative estimate of drug-likeness (QED) is 0.165. The van der Waals surface area contributed by atoms with Crippen LogP contribution in [-0.2, 0) is 0 Å². The second-order valence-electron chi connectivity index (χ2n) is 12.8. The standard InChI is InChI=1S/C51H34N4/c1-5-15-35(16-6-1)40-27-30-48-46(34-40)45-23-13-14-24-47(45)55(48)44-28-25-39(26-29-44)50-52-49(38-21-11-4-12-22-38)53-51(54-50)43-32-41(36-17-7-2-8-18-36)31-42(33-43)37-19-9-3-10-20-37/h1-34H/i1D,5D,6D,13D,14D,15D,16D,23D,24D,27D,30D,34D. The molecule has 0 radical (unpaired) electrons. The van der Waals surface area contributed by atoms with Crippen LogP contribution in [0, 0.1) is 0 Å². The van der Waals surface area contributed by atoms with Gasteiger partial charge in [0.1, 0.15) is 0 Å². The zero-order valence-electron chi connectivity index (χ0n) is 41.0. The Kier molecular flexibility index (Phi) is 5.52. The molecule has 258 valence electrons. The predicted molar refractivity (Wildman–Crippen MR) is 227 cm³/mol. The minimum absolute atomic E-state index is 0.0744. The molecule has 0 saturated heterocycles. The van der Waals surface area contributed by atoms with Gasteiger partial charge in [0.15, 0.2) is 17.5 Å². The first kappa shape index (κ1) is 21.9. The number of hydrogen-bond donors (Lipinski definition) is 0. The summed E-state index contributed by atoms with van der Waals surface area (Å²) in [6, 6.07) is 35.4. The van der Waals surface area contributed by atoms with Crippen molar-refractivity contribution in [2.75, 3.05) is 0 Å². The molecule has 4 heteroatoms. The maximum atomic E-state index is 9.48. The zero-order chi connectivity index (χ0) is 47.0. The molecule has 8 aromatic carbocycles. The zero-order valence-corrected chi connectivity index (χ0v) is 29.0. The molecule has 0 amide bonds. The summed E-state index contributed by atoms with van der Waals surface area (Å²) in [5.41, 5.74) is 5.29. The molecule has 55 heavy (non-hydrogen) atoms. The van der Waals surface area contributed by atoms with Crippen molar-refractivity contribution in [1.29, 1.82) is 0 Å². The molecule has 4 nitrogen and oxygen atoms in total. The number of hydrogen-bond acceptors (Lipinski definition) is 3. The number of para-hydroxylation sites is 1. The summed E-state index contributed by atoms with van der Waals surface area (Å²) in [5, 5.41) is -0.268. The average molecular weight is 715 g/mol. The largest absolute Gasteiger partial charge is 0.309 e. The van der Waals surface area contributed by atoms with Gasteiger partial charge in [-0.05, 0) is 94.0 Å². The molecule has 0 aliphatic heterocycles. The third-order valence-corrected chi connectivity index (χ3v) is 9.36. The summed E-state index contributed by atoms with van der Waals surface area (Å²) in [7, 11) is 0. The van der Waals surface area contributed by atoms with Gasteiger partial charge < -0.3 is 4.57 Å². The second-order valence-corrected chi connectivity index (χ2v) is 12.8. The van der Waals surface area contributed by atoms with Gasteiger partial charge in [0, 0.05) is 33.2 Å². The van der Waals surface area contributed by atoms with Gasteiger partial charge in [0.05, 0.1) is 27.5 Å². The molecule has 0 atom stereocenters. The Balaban J connectivity index is 1.19. The smallest absolute Gasteiger partial charge is 0.164 e. The first-order valence-corrected chi connectivity index (χ1v) is 17.5. The van der Waals surface area contributed by atoms with Crippen LogP contribution in [0.3, 0.4) is 0 Å². The van der Waals surface area contributed by atoms with Crippen LogP contribution in [0.1, 0.15) is 16.4 Å². The van der Waals surface area contributed by atoms with Gasteiger partial charge in [-0.3, -0.25) is 0 Å². The van der Waals surface area contributed by atoms with E-state index in [1.807, 2.05) is 103 Å². The van der Waals surface area contributed by atoms with Crippen LogP contribution in [0.2, 0.25) is 0 Å². The highest BCUT2D eigenvalue weighted by molar-refractivity contribution is 6.10. The second kappa shape index (κ2) is 13.8. The Morgan fingerprint density at radius 2 is 0.836 bits per heavy atom. The highest BCUT2D eigenvalue weighted by Gasteiger charge is 2.17. The first-order valence-electron chi connectivity index (χ1n) is 23.5. The lowest BCUT2D eigenvalue weighted by atomic mass is 9.96. The Morgan fingerprint density at radius 1 is 0.345 bits per heavy atom. The lowest BCUT2D eigenvalue weighted by Gasteiger charge is -2.13. The van der Waals surface area contributed by atoms with Crippen LogP contribution in [0.15, 0.2) is 206 Å². The molecule has 10 aromatic rings. The van der Waals surface area contributed by atoms with Crippen LogP contribution in [0.25, 0.3) is 95.0 Å². The normalized spacial score (nSPS) is 14.3. The predicted octanol–water partition coefficient (Wildman–Crippen LogP) is 13.0. The van der Waals surface area contributed by atoms with Gasteiger partial charge in [0.2, 0.25) is 0 Å². The van der Waals surface area contributed by atoms with Crippen molar-refractivity contribution in [3.05, 3.63) is 206 Å². The summed E-state index contributed by atoms with van der Waals surface area (Å²) in [4.78, 5) is 15.0. The molecule has 0 saturated carbocycles. The number of nitrogens with zero attached hydrogens (tertiary/aromatic N) is 4. The van der Waals surface area contributed by atoms with E-state index < -0.39 is 83.6 Å². The SMILES string of the molecule is [2H]c1c([2H])c([2H])c(-c2c([2H])c([2H])c3c(c2[2H])c2c([2H])c([2H])c([2H])c([2H])c2n3-c2ccc(-c3nc(-c4ccccc4)nc(-c4cc(-c5ccccc5)cc(-c5ccccc5)c4)n3)cc2)c([2H])c1[2H]. The molecular weight excluding hydrogens is 669 g/mol. The van der Waals surface area contributed by atoms with Gasteiger partial charge >= 0.3 is 0 Å². The van der Waals surface area contributed by atoms with Crippen LogP contribution in [0.5, 0.6) is 0 Å². The van der Waals surface area contributed by atoms with Crippen molar-refractivity contribution in [3.63, 3.8) is 0 Å². The monoisotopic (exact) mass is 714 g/mol. The summed E-state index contributed by atoms with van der Waals surface area (Å²) >= 11 is 0. The van der Waals surface area contributed by atoms with Gasteiger partial charge in [-0.15, -0.1) is 0 Å². The van der Waals surface area contributed by atoms with E-state index in [0.717, 1.165) is 33.4 Å². The van der Waals surface area contributed by atoms with Crippen LogP contribution < -0.4 is 0 Å². The van der Waals surface area contributed by atoms with E-state index in [0.29, 0.717) is 28.7 Å². The molecule has 2 heterocycles. The highest BCUT2D eigenvalue weighted by Crippen LogP contribution is 2.36. The molecule has 0 aliphatic carbocycles. The van der Waals surface area contributed by atoms with Crippen LogP contribution in [-0.4, -0.2) is 19.5 Å². The van der Waals surface area contributed by atoms with Crippen molar-refractivity contribution in [2.45, 2.75) is 0 Å². The Labute approximate surface area is 336 Å². The van der Waals surface area contributed by atoms with E-state index in [4.69, 9.17) is 27.3 Å². The van der Waals surface area contributed by atoms with E-state index in [2.05, 4.69) is 6.07 Å². The topological polar surface area (TPSA) is 43.6 Å². The third-order valence-electron chi connectivity index (χ3n) is 9.36. The Bertz CT molecular complexity index is 3550. The van der Waals surface area contributed by atoms with Crippen LogP contribution >= 0.6 is 0 Å². The van der Waals surface area contributed by atoms with Crippen molar-refractivity contribution < 1.29 is 16.4 Å². The minimum atomic E-state index is -0.690. The molecule has 2 aromatic heterocycles. The maximum Gasteiger partial charge on any atom is 0.164 e. The van der Waals surface area contributed by atoms with E-state index >= 15 is 0 Å². The van der Waals surface area contributed by atoms with E-state index in [1.54, 1.807) is 24.3 Å². The Hall–Kier alpha value is -7.43. The fourth-order valence-corrected chi connectivity index (χ4v) is 6.73. The Morgan fingerprint density at radius 3 is 1.45 bits per heavy atom. The lowest BCUT2D eigenvalue weighted by molar-refractivity contribution is 1.07. The summed E-state index contributed by atoms with van der Waals surface area (Å²) in [6.45, 7) is 0. The van der Waals surface area contributed by atoms with Crippen molar-refractivity contribution in [2.24, 2.45) is 0 Å². The molecule has 0 unspecified atom stereocenters. The summed E-state index contributed by atoms with van der Waals surface area (Å²) in [6.07, 6.45) is 0. The third kappa shape index (κ3) is 6.16. The van der Waals surface area contributed by atoms with Gasteiger partial charge in [-0.2, -0.15) is 0 Å². The highest BCUT2D eigenvalue weighted by atomic mass is 15.0. The minimum Gasteiger partial charge on any atom is -0.309 e. The van der Waals surface area contributed by atoms with Gasteiger partial charge in [-0.25, -0.2) is 15.0 Å². The average Bonchev–Trinajstić information content (AvgIpc) is 3.74. The van der Waals surface area contributed by atoms with Crippen LogP contribution in [0.4, 0.5) is 0 Å². The lowest BCUT2D eigenvalue weighted by Crippen LogP contribution is -2.01. The number of rotatable bonds is 7. The first-order chi connectivity index (χ1) is 32.2. The van der Waals surface area contributed by atoms with Crippen molar-refractivity contribution in [3.8, 4) is 73.2 Å².